The second-order valence-corrected chi connectivity index (χ2v) is 7.12. The summed E-state index contributed by atoms with van der Waals surface area (Å²) in [5, 5.41) is 0. The lowest BCUT2D eigenvalue weighted by molar-refractivity contribution is -0.146. The lowest BCUT2D eigenvalue weighted by atomic mass is 9.85. The van der Waals surface area contributed by atoms with Gasteiger partial charge in [-0.25, -0.2) is 0 Å². The first-order valence-corrected chi connectivity index (χ1v) is 9.23. The summed E-state index contributed by atoms with van der Waals surface area (Å²) in [5.41, 5.74) is 1.15. The van der Waals surface area contributed by atoms with Crippen molar-refractivity contribution < 1.29 is 14.4 Å². The first kappa shape index (κ1) is 16.8. The number of allylic oxidation sites excluding steroid dienone is 2. The first-order chi connectivity index (χ1) is 12.6. The topological polar surface area (TPSA) is 60.9 Å². The molecule has 6 heteroatoms. The second-order valence-electron chi connectivity index (χ2n) is 7.12. The maximum Gasteiger partial charge on any atom is 0.242 e. The van der Waals surface area contributed by atoms with Gasteiger partial charge in [0.2, 0.25) is 17.7 Å². The van der Waals surface area contributed by atoms with Crippen molar-refractivity contribution in [1.82, 2.24) is 9.80 Å². The highest BCUT2D eigenvalue weighted by Crippen LogP contribution is 2.34. The number of benzene rings is 1. The smallest absolute Gasteiger partial charge is 0.242 e. The van der Waals surface area contributed by atoms with Gasteiger partial charge in [-0.3, -0.25) is 19.3 Å². The molecule has 0 N–H and O–H groups in total. The summed E-state index contributed by atoms with van der Waals surface area (Å²) in [6, 6.07) is 10.1. The van der Waals surface area contributed by atoms with Crippen LogP contribution in [0.4, 0.5) is 5.69 Å². The summed E-state index contributed by atoms with van der Waals surface area (Å²) in [5.74, 6) is -1.03. The minimum atomic E-state index is -0.268. The van der Waals surface area contributed by atoms with Crippen LogP contribution in [0.2, 0.25) is 0 Å². The molecule has 2 heterocycles. The van der Waals surface area contributed by atoms with Crippen molar-refractivity contribution in [3.63, 3.8) is 0 Å². The Morgan fingerprint density at radius 1 is 0.885 bits per heavy atom. The molecule has 2 aliphatic heterocycles. The minimum absolute atomic E-state index is 0.115. The fourth-order valence-electron chi connectivity index (χ4n) is 4.11. The van der Waals surface area contributed by atoms with Crippen molar-refractivity contribution in [3.05, 3.63) is 42.5 Å². The van der Waals surface area contributed by atoms with Crippen LogP contribution < -0.4 is 4.90 Å². The van der Waals surface area contributed by atoms with Gasteiger partial charge in [0.15, 0.2) is 0 Å². The van der Waals surface area contributed by atoms with Gasteiger partial charge in [0.1, 0.15) is 6.54 Å². The summed E-state index contributed by atoms with van der Waals surface area (Å²) >= 11 is 0. The molecule has 0 aromatic heterocycles. The molecule has 4 rings (SSSR count). The Labute approximate surface area is 153 Å². The SMILES string of the molecule is O=C(CN1C(=O)[C@@H]2CC=CC[C@H]2C1=O)N1CCN(c2ccccc2)CC1. The largest absolute Gasteiger partial charge is 0.368 e. The molecule has 0 spiro atoms. The molecule has 1 aromatic carbocycles. The summed E-state index contributed by atoms with van der Waals surface area (Å²) in [6.07, 6.45) is 5.13. The van der Waals surface area contributed by atoms with Gasteiger partial charge in [-0.1, -0.05) is 30.4 Å². The van der Waals surface area contributed by atoms with Gasteiger partial charge in [0.05, 0.1) is 11.8 Å². The Kier molecular flexibility index (Phi) is 4.49. The lowest BCUT2D eigenvalue weighted by Crippen LogP contribution is -2.52. The maximum atomic E-state index is 12.6. The monoisotopic (exact) mass is 353 g/mol. The van der Waals surface area contributed by atoms with Gasteiger partial charge in [0, 0.05) is 31.9 Å². The Morgan fingerprint density at radius 3 is 2.04 bits per heavy atom. The Morgan fingerprint density at radius 2 is 1.46 bits per heavy atom. The van der Waals surface area contributed by atoms with Crippen LogP contribution in [0.3, 0.4) is 0 Å². The number of para-hydroxylation sites is 1. The number of likely N-dealkylation sites (tertiary alicyclic amines) is 1. The number of imide groups is 1. The molecule has 2 fully saturated rings. The van der Waals surface area contributed by atoms with Crippen LogP contribution in [-0.4, -0.2) is 60.2 Å². The molecule has 3 aliphatic rings. The van der Waals surface area contributed by atoms with E-state index in [1.165, 1.54) is 4.90 Å². The quantitative estimate of drug-likeness (QED) is 0.607. The van der Waals surface area contributed by atoms with Gasteiger partial charge in [-0.05, 0) is 25.0 Å². The zero-order chi connectivity index (χ0) is 18.1. The highest BCUT2D eigenvalue weighted by molar-refractivity contribution is 6.07. The number of nitrogens with zero attached hydrogens (tertiary/aromatic N) is 3. The van der Waals surface area contributed by atoms with Gasteiger partial charge in [-0.2, -0.15) is 0 Å². The van der Waals surface area contributed by atoms with Crippen molar-refractivity contribution >= 4 is 23.4 Å². The number of anilines is 1. The predicted molar refractivity (Wildman–Crippen MR) is 97.3 cm³/mol. The van der Waals surface area contributed by atoms with Crippen LogP contribution in [0, 0.1) is 11.8 Å². The number of rotatable bonds is 3. The number of fused-ring (bicyclic) bond motifs is 1. The number of carbonyl (C=O) groups excluding carboxylic acids is 3. The van der Waals surface area contributed by atoms with E-state index in [0.29, 0.717) is 25.9 Å². The van der Waals surface area contributed by atoms with Crippen LogP contribution in [0.5, 0.6) is 0 Å². The van der Waals surface area contributed by atoms with Crippen molar-refractivity contribution in [3.8, 4) is 0 Å². The highest BCUT2D eigenvalue weighted by Gasteiger charge is 2.47. The van der Waals surface area contributed by atoms with Crippen LogP contribution in [-0.2, 0) is 14.4 Å². The second kappa shape index (κ2) is 6.94. The molecule has 0 radical (unpaired) electrons. The molecule has 3 amide bonds. The number of hydrogen-bond donors (Lipinski definition) is 0. The molecule has 6 nitrogen and oxygen atoms in total. The lowest BCUT2D eigenvalue weighted by Gasteiger charge is -2.36. The van der Waals surface area contributed by atoms with E-state index in [4.69, 9.17) is 0 Å². The van der Waals surface area contributed by atoms with Gasteiger partial charge >= 0.3 is 0 Å². The number of piperazine rings is 1. The van der Waals surface area contributed by atoms with E-state index >= 15 is 0 Å². The predicted octanol–water partition coefficient (Wildman–Crippen LogP) is 1.29. The Hall–Kier alpha value is -2.63. The van der Waals surface area contributed by atoms with Crippen LogP contribution >= 0.6 is 0 Å². The number of amides is 3. The van der Waals surface area contributed by atoms with Crippen molar-refractivity contribution in [2.75, 3.05) is 37.6 Å². The summed E-state index contributed by atoms with van der Waals surface area (Å²) in [4.78, 5) is 42.8. The molecule has 1 aromatic rings. The average molecular weight is 353 g/mol. The van der Waals surface area contributed by atoms with E-state index in [9.17, 15) is 14.4 Å². The van der Waals surface area contributed by atoms with Gasteiger partial charge in [0.25, 0.3) is 0 Å². The molecular weight excluding hydrogens is 330 g/mol. The van der Waals surface area contributed by atoms with Crippen molar-refractivity contribution in [2.45, 2.75) is 12.8 Å². The molecule has 0 bridgehead atoms. The standard InChI is InChI=1S/C20H23N3O3/c24-18(14-23-19(25)16-8-4-5-9-17(16)20(23)26)22-12-10-21(11-13-22)15-6-2-1-3-7-15/h1-7,16-17H,8-14H2/t16-,17-/m1/s1. The van der Waals surface area contributed by atoms with Gasteiger partial charge < -0.3 is 9.80 Å². The molecule has 0 saturated carbocycles. The van der Waals surface area contributed by atoms with Crippen LogP contribution in [0.1, 0.15) is 12.8 Å². The first-order valence-electron chi connectivity index (χ1n) is 9.23. The molecular formula is C20H23N3O3. The normalized spacial score (nSPS) is 25.6. The third-order valence-corrected chi connectivity index (χ3v) is 5.65. The van der Waals surface area contributed by atoms with E-state index < -0.39 is 0 Å². The molecule has 136 valence electrons. The molecule has 1 aliphatic carbocycles. The van der Waals surface area contributed by atoms with Crippen LogP contribution in [0.25, 0.3) is 0 Å². The van der Waals surface area contributed by atoms with E-state index in [-0.39, 0.29) is 36.1 Å². The average Bonchev–Trinajstić information content (AvgIpc) is 2.94. The fraction of sp³-hybridized carbons (Fsp3) is 0.450. The van der Waals surface area contributed by atoms with E-state index in [0.717, 1.165) is 18.8 Å². The minimum Gasteiger partial charge on any atom is -0.368 e. The fourth-order valence-corrected chi connectivity index (χ4v) is 4.11. The van der Waals surface area contributed by atoms with Crippen molar-refractivity contribution in [1.29, 1.82) is 0 Å². The zero-order valence-electron chi connectivity index (χ0n) is 14.7. The summed E-state index contributed by atoms with van der Waals surface area (Å²) < 4.78 is 0. The number of hydrogen-bond acceptors (Lipinski definition) is 4. The summed E-state index contributed by atoms with van der Waals surface area (Å²) in [6.45, 7) is 2.62. The molecule has 26 heavy (non-hydrogen) atoms. The van der Waals surface area contributed by atoms with Crippen molar-refractivity contribution in [2.24, 2.45) is 11.8 Å². The van der Waals surface area contributed by atoms with Gasteiger partial charge in [-0.15, -0.1) is 0 Å². The van der Waals surface area contributed by atoms with E-state index in [1.54, 1.807) is 4.90 Å². The molecule has 2 saturated heterocycles. The van der Waals surface area contributed by atoms with Crippen LogP contribution in [0.15, 0.2) is 42.5 Å². The third kappa shape index (κ3) is 3.00. The van der Waals surface area contributed by atoms with E-state index in [2.05, 4.69) is 17.0 Å². The highest BCUT2D eigenvalue weighted by atomic mass is 16.2. The molecule has 2 atom stereocenters. The zero-order valence-corrected chi connectivity index (χ0v) is 14.7. The summed E-state index contributed by atoms with van der Waals surface area (Å²) in [7, 11) is 0. The Balaban J connectivity index is 1.35. The Bertz CT molecular complexity index is 712. The maximum absolute atomic E-state index is 12.6. The van der Waals surface area contributed by atoms with E-state index in [1.807, 2.05) is 30.4 Å². The number of carbonyl (C=O) groups is 3. The third-order valence-electron chi connectivity index (χ3n) is 5.65. The molecule has 0 unspecified atom stereocenters.